The molecule has 5 heteroatoms. The highest BCUT2D eigenvalue weighted by atomic mass is 16.5. The second kappa shape index (κ2) is 9.08. The maximum Gasteiger partial charge on any atom is 0.257 e. The molecule has 1 amide bonds. The number of carbonyl (C=O) groups excluding carboxylic acids is 1. The Morgan fingerprint density at radius 3 is 2.44 bits per heavy atom. The van der Waals surface area contributed by atoms with Gasteiger partial charge in [-0.2, -0.15) is 0 Å². The molecule has 1 fully saturated rings. The third kappa shape index (κ3) is 5.80. The fourth-order valence-corrected chi connectivity index (χ4v) is 2.74. The van der Waals surface area contributed by atoms with E-state index in [4.69, 9.17) is 9.47 Å². The maximum atomic E-state index is 11.8. The zero-order valence-electron chi connectivity index (χ0n) is 14.2. The van der Waals surface area contributed by atoms with Crippen LogP contribution in [0, 0.1) is 0 Å². The summed E-state index contributed by atoms with van der Waals surface area (Å²) in [5.74, 6) is 1.33. The molecular weight excluding hydrogens is 316 g/mol. The molecule has 1 aliphatic rings. The average molecular weight is 340 g/mol. The van der Waals surface area contributed by atoms with E-state index in [-0.39, 0.29) is 12.5 Å². The predicted octanol–water partition coefficient (Wildman–Crippen LogP) is 2.51. The minimum Gasteiger partial charge on any atom is -0.489 e. The minimum absolute atomic E-state index is 0.0247. The number of hydrogen-bond donors (Lipinski definition) is 2. The molecule has 2 aromatic rings. The van der Waals surface area contributed by atoms with Crippen LogP contribution in [0.15, 0.2) is 54.6 Å². The summed E-state index contributed by atoms with van der Waals surface area (Å²) in [5, 5.41) is 6.24. The Labute approximate surface area is 148 Å². The predicted molar refractivity (Wildman–Crippen MR) is 96.7 cm³/mol. The fraction of sp³-hybridized carbons (Fsp3) is 0.350. The van der Waals surface area contributed by atoms with E-state index in [1.54, 1.807) is 0 Å². The first-order valence-corrected chi connectivity index (χ1v) is 8.69. The van der Waals surface area contributed by atoms with E-state index in [0.29, 0.717) is 24.9 Å². The minimum atomic E-state index is -0.0990. The fourth-order valence-electron chi connectivity index (χ4n) is 2.74. The first kappa shape index (κ1) is 17.3. The van der Waals surface area contributed by atoms with Gasteiger partial charge >= 0.3 is 0 Å². The zero-order valence-corrected chi connectivity index (χ0v) is 14.2. The first-order valence-electron chi connectivity index (χ1n) is 8.69. The second-order valence-electron chi connectivity index (χ2n) is 6.13. The molecule has 1 aliphatic heterocycles. The van der Waals surface area contributed by atoms with Crippen LogP contribution in [-0.4, -0.2) is 31.6 Å². The molecule has 1 saturated heterocycles. The molecule has 2 aromatic carbocycles. The van der Waals surface area contributed by atoms with Gasteiger partial charge in [-0.3, -0.25) is 4.79 Å². The Bertz CT molecular complexity index is 652. The second-order valence-corrected chi connectivity index (χ2v) is 6.13. The van der Waals surface area contributed by atoms with Gasteiger partial charge in [0.15, 0.2) is 6.61 Å². The van der Waals surface area contributed by atoms with Crippen molar-refractivity contribution in [3.8, 4) is 11.5 Å². The number of nitrogens with one attached hydrogen (secondary N) is 2. The molecule has 0 saturated carbocycles. The number of benzene rings is 2. The van der Waals surface area contributed by atoms with Gasteiger partial charge in [0.2, 0.25) is 0 Å². The van der Waals surface area contributed by atoms with Crippen LogP contribution >= 0.6 is 0 Å². The van der Waals surface area contributed by atoms with Crippen molar-refractivity contribution in [2.75, 3.05) is 19.7 Å². The monoisotopic (exact) mass is 340 g/mol. The lowest BCUT2D eigenvalue weighted by Crippen LogP contribution is -2.39. The van der Waals surface area contributed by atoms with Crippen LogP contribution in [0.2, 0.25) is 0 Å². The van der Waals surface area contributed by atoms with Gasteiger partial charge in [-0.15, -0.1) is 0 Å². The average Bonchev–Trinajstić information content (AvgIpc) is 3.18. The van der Waals surface area contributed by atoms with E-state index in [0.717, 1.165) is 24.3 Å². The van der Waals surface area contributed by atoms with Crippen molar-refractivity contribution in [2.24, 2.45) is 0 Å². The number of rotatable bonds is 8. The van der Waals surface area contributed by atoms with Crippen molar-refractivity contribution in [3.05, 3.63) is 60.2 Å². The largest absolute Gasteiger partial charge is 0.489 e. The van der Waals surface area contributed by atoms with E-state index in [1.165, 1.54) is 6.42 Å². The van der Waals surface area contributed by atoms with Crippen molar-refractivity contribution < 1.29 is 14.3 Å². The topological polar surface area (TPSA) is 59.6 Å². The van der Waals surface area contributed by atoms with Crippen LogP contribution in [0.3, 0.4) is 0 Å². The Balaban J connectivity index is 1.37. The van der Waals surface area contributed by atoms with Crippen molar-refractivity contribution in [1.82, 2.24) is 10.6 Å². The molecule has 0 aromatic heterocycles. The van der Waals surface area contributed by atoms with Gasteiger partial charge in [-0.1, -0.05) is 30.3 Å². The molecular formula is C20H24N2O3. The van der Waals surface area contributed by atoms with Crippen LogP contribution in [-0.2, 0) is 11.4 Å². The molecule has 132 valence electrons. The molecule has 0 aliphatic carbocycles. The van der Waals surface area contributed by atoms with Crippen LogP contribution in [0.25, 0.3) is 0 Å². The summed E-state index contributed by atoms with van der Waals surface area (Å²) in [6.07, 6.45) is 2.29. The number of carbonyl (C=O) groups is 1. The standard InChI is InChI=1S/C20H24N2O3/c23-20(22-13-17-7-4-12-21-17)15-25-19-10-8-18(9-11-19)24-14-16-5-2-1-3-6-16/h1-3,5-6,8-11,17,21H,4,7,12-15H2,(H,22,23). The molecule has 1 atom stereocenters. The highest BCUT2D eigenvalue weighted by Crippen LogP contribution is 2.18. The van der Waals surface area contributed by atoms with Gasteiger partial charge in [0.1, 0.15) is 18.1 Å². The molecule has 1 heterocycles. The lowest BCUT2D eigenvalue weighted by molar-refractivity contribution is -0.123. The molecule has 0 spiro atoms. The Morgan fingerprint density at radius 2 is 1.76 bits per heavy atom. The summed E-state index contributed by atoms with van der Waals surface area (Å²) >= 11 is 0. The third-order valence-electron chi connectivity index (χ3n) is 4.15. The zero-order chi connectivity index (χ0) is 17.3. The lowest BCUT2D eigenvalue weighted by atomic mass is 10.2. The molecule has 1 unspecified atom stereocenters. The molecule has 5 nitrogen and oxygen atoms in total. The summed E-state index contributed by atoms with van der Waals surface area (Å²) in [7, 11) is 0. The summed E-state index contributed by atoms with van der Waals surface area (Å²) in [6.45, 7) is 2.25. The van der Waals surface area contributed by atoms with Gasteiger partial charge in [-0.25, -0.2) is 0 Å². The molecule has 0 radical (unpaired) electrons. The van der Waals surface area contributed by atoms with E-state index < -0.39 is 0 Å². The maximum absolute atomic E-state index is 11.8. The lowest BCUT2D eigenvalue weighted by Gasteiger charge is -2.12. The van der Waals surface area contributed by atoms with Gasteiger partial charge in [0.05, 0.1) is 0 Å². The van der Waals surface area contributed by atoms with Crippen LogP contribution in [0.4, 0.5) is 0 Å². The van der Waals surface area contributed by atoms with Gasteiger partial charge in [0, 0.05) is 12.6 Å². The molecule has 3 rings (SSSR count). The van der Waals surface area contributed by atoms with E-state index >= 15 is 0 Å². The SMILES string of the molecule is O=C(COc1ccc(OCc2ccccc2)cc1)NCC1CCCN1. The van der Waals surface area contributed by atoms with Gasteiger partial charge in [-0.05, 0) is 49.2 Å². The van der Waals surface area contributed by atoms with Crippen molar-refractivity contribution in [3.63, 3.8) is 0 Å². The van der Waals surface area contributed by atoms with Gasteiger partial charge < -0.3 is 20.1 Å². The number of amides is 1. The van der Waals surface area contributed by atoms with Crippen LogP contribution < -0.4 is 20.1 Å². The van der Waals surface area contributed by atoms with Crippen LogP contribution in [0.1, 0.15) is 18.4 Å². The van der Waals surface area contributed by atoms with Crippen molar-refractivity contribution in [1.29, 1.82) is 0 Å². The summed E-state index contributed by atoms with van der Waals surface area (Å²) < 4.78 is 11.2. The normalized spacial score (nSPS) is 16.4. The van der Waals surface area contributed by atoms with Crippen LogP contribution in [0.5, 0.6) is 11.5 Å². The highest BCUT2D eigenvalue weighted by molar-refractivity contribution is 5.77. The number of ether oxygens (including phenoxy) is 2. The van der Waals surface area contributed by atoms with E-state index in [2.05, 4.69) is 10.6 Å². The quantitative estimate of drug-likeness (QED) is 0.775. The number of hydrogen-bond acceptors (Lipinski definition) is 4. The van der Waals surface area contributed by atoms with E-state index in [1.807, 2.05) is 54.6 Å². The van der Waals surface area contributed by atoms with Crippen molar-refractivity contribution >= 4 is 5.91 Å². The Kier molecular flexibility index (Phi) is 6.29. The van der Waals surface area contributed by atoms with E-state index in [9.17, 15) is 4.79 Å². The summed E-state index contributed by atoms with van der Waals surface area (Å²) in [4.78, 5) is 11.8. The third-order valence-corrected chi connectivity index (χ3v) is 4.15. The smallest absolute Gasteiger partial charge is 0.257 e. The summed E-state index contributed by atoms with van der Waals surface area (Å²) in [6, 6.07) is 17.7. The Hall–Kier alpha value is -2.53. The molecule has 2 N–H and O–H groups in total. The Morgan fingerprint density at radius 1 is 1.04 bits per heavy atom. The highest BCUT2D eigenvalue weighted by Gasteiger charge is 2.14. The van der Waals surface area contributed by atoms with Crippen molar-refractivity contribution in [2.45, 2.75) is 25.5 Å². The summed E-state index contributed by atoms with van der Waals surface area (Å²) in [5.41, 5.74) is 1.12. The molecule has 25 heavy (non-hydrogen) atoms. The first-order chi connectivity index (χ1) is 12.3. The molecule has 0 bridgehead atoms. The van der Waals surface area contributed by atoms with Gasteiger partial charge in [0.25, 0.3) is 5.91 Å².